The number of aromatic nitrogens is 4. The predicted molar refractivity (Wildman–Crippen MR) is 67.7 cm³/mol. The Hall–Kier alpha value is -1.27. The molecule has 5 nitrogen and oxygen atoms in total. The minimum Gasteiger partial charge on any atom is -0.317 e. The molecule has 0 bridgehead atoms. The molecule has 6 heteroatoms. The van der Waals surface area contributed by atoms with Gasteiger partial charge in [-0.05, 0) is 13.3 Å². The third kappa shape index (κ3) is 2.70. The van der Waals surface area contributed by atoms with E-state index in [1.54, 1.807) is 11.3 Å². The summed E-state index contributed by atoms with van der Waals surface area (Å²) in [6.07, 6.45) is 2.86. The van der Waals surface area contributed by atoms with Crippen molar-refractivity contribution in [1.82, 2.24) is 25.1 Å². The highest BCUT2D eigenvalue weighted by molar-refractivity contribution is 7.09. The topological polar surface area (TPSA) is 55.6 Å². The second-order valence-corrected chi connectivity index (χ2v) is 4.86. The van der Waals surface area contributed by atoms with Crippen LogP contribution in [-0.4, -0.2) is 19.7 Å². The smallest absolute Gasteiger partial charge is 0.146 e. The Morgan fingerprint density at radius 2 is 2.29 bits per heavy atom. The largest absolute Gasteiger partial charge is 0.317 e. The van der Waals surface area contributed by atoms with Crippen LogP contribution in [0.4, 0.5) is 0 Å². The molecule has 0 aliphatic heterocycles. The van der Waals surface area contributed by atoms with Crippen LogP contribution in [0, 0.1) is 6.92 Å². The lowest BCUT2D eigenvalue weighted by molar-refractivity contribution is 0.499. The Bertz CT molecular complexity index is 462. The van der Waals surface area contributed by atoms with E-state index in [1.165, 1.54) is 0 Å². The van der Waals surface area contributed by atoms with Gasteiger partial charge in [0.2, 0.25) is 0 Å². The molecular weight excluding hydrogens is 234 g/mol. The molecular formula is C11H17N5S. The van der Waals surface area contributed by atoms with Crippen molar-refractivity contribution in [3.8, 4) is 0 Å². The van der Waals surface area contributed by atoms with E-state index in [-0.39, 0.29) is 0 Å². The van der Waals surface area contributed by atoms with E-state index < -0.39 is 0 Å². The number of hydrogen-bond donors (Lipinski definition) is 1. The summed E-state index contributed by atoms with van der Waals surface area (Å²) in [6.45, 7) is 4.82. The molecule has 2 aromatic rings. The Morgan fingerprint density at radius 1 is 1.47 bits per heavy atom. The van der Waals surface area contributed by atoms with Crippen molar-refractivity contribution >= 4 is 11.3 Å². The van der Waals surface area contributed by atoms with Crippen LogP contribution in [0.3, 0.4) is 0 Å². The highest BCUT2D eigenvalue weighted by atomic mass is 32.1. The number of rotatable bonds is 5. The summed E-state index contributed by atoms with van der Waals surface area (Å²) in [5, 5.41) is 14.8. The molecule has 1 atom stereocenters. The lowest BCUT2D eigenvalue weighted by Gasteiger charge is -2.13. The van der Waals surface area contributed by atoms with E-state index in [1.807, 2.05) is 30.1 Å². The van der Waals surface area contributed by atoms with Crippen LogP contribution < -0.4 is 5.32 Å². The summed E-state index contributed by atoms with van der Waals surface area (Å²) >= 11 is 1.68. The van der Waals surface area contributed by atoms with Gasteiger partial charge in [-0.15, -0.1) is 21.5 Å². The molecule has 2 rings (SSSR count). The van der Waals surface area contributed by atoms with Crippen LogP contribution in [0.25, 0.3) is 0 Å². The summed E-state index contributed by atoms with van der Waals surface area (Å²) in [4.78, 5) is 4.34. The standard InChI is InChI=1S/C11H17N5S/c1-4-9(11-12-5-6-17-11)13-7-10-15-14-8(2)16(10)3/h5-6,9,13H,4,7H2,1-3H3. The van der Waals surface area contributed by atoms with Crippen LogP contribution >= 0.6 is 11.3 Å². The Labute approximate surface area is 105 Å². The van der Waals surface area contributed by atoms with E-state index in [0.29, 0.717) is 6.04 Å². The number of nitrogens with one attached hydrogen (secondary N) is 1. The fraction of sp³-hybridized carbons (Fsp3) is 0.545. The van der Waals surface area contributed by atoms with Gasteiger partial charge in [-0.25, -0.2) is 4.98 Å². The lowest BCUT2D eigenvalue weighted by Crippen LogP contribution is -2.22. The Morgan fingerprint density at radius 3 is 2.82 bits per heavy atom. The number of hydrogen-bond acceptors (Lipinski definition) is 5. The van der Waals surface area contributed by atoms with Crippen molar-refractivity contribution < 1.29 is 0 Å². The number of aryl methyl sites for hydroxylation is 1. The highest BCUT2D eigenvalue weighted by Crippen LogP contribution is 2.18. The molecule has 0 amide bonds. The number of thiazole rings is 1. The summed E-state index contributed by atoms with van der Waals surface area (Å²) in [5.41, 5.74) is 0. The first kappa shape index (κ1) is 12.2. The number of nitrogens with zero attached hydrogens (tertiary/aromatic N) is 4. The van der Waals surface area contributed by atoms with Crippen molar-refractivity contribution in [2.75, 3.05) is 0 Å². The summed E-state index contributed by atoms with van der Waals surface area (Å²) < 4.78 is 2.00. The molecule has 0 radical (unpaired) electrons. The molecule has 0 aliphatic carbocycles. The van der Waals surface area contributed by atoms with Gasteiger partial charge in [-0.1, -0.05) is 6.92 Å². The molecule has 0 saturated heterocycles. The maximum atomic E-state index is 4.34. The first-order valence-corrected chi connectivity index (χ1v) is 6.58. The van der Waals surface area contributed by atoms with Gasteiger partial charge in [0.1, 0.15) is 16.7 Å². The molecule has 1 unspecified atom stereocenters. The van der Waals surface area contributed by atoms with Crippen LogP contribution in [0.15, 0.2) is 11.6 Å². The zero-order valence-corrected chi connectivity index (χ0v) is 11.2. The minimum absolute atomic E-state index is 0.298. The van der Waals surface area contributed by atoms with Gasteiger partial charge in [0.05, 0.1) is 12.6 Å². The maximum absolute atomic E-state index is 4.34. The predicted octanol–water partition coefficient (Wildman–Crippen LogP) is 1.82. The van der Waals surface area contributed by atoms with Crippen molar-refractivity contribution in [2.24, 2.45) is 7.05 Å². The van der Waals surface area contributed by atoms with E-state index in [2.05, 4.69) is 27.4 Å². The van der Waals surface area contributed by atoms with Gasteiger partial charge in [-0.2, -0.15) is 0 Å². The van der Waals surface area contributed by atoms with E-state index in [9.17, 15) is 0 Å². The normalized spacial score (nSPS) is 12.9. The average Bonchev–Trinajstić information content (AvgIpc) is 2.95. The SMILES string of the molecule is CCC(NCc1nnc(C)n1C)c1nccs1. The molecule has 17 heavy (non-hydrogen) atoms. The maximum Gasteiger partial charge on any atom is 0.146 e. The van der Waals surface area contributed by atoms with Crippen LogP contribution in [0.5, 0.6) is 0 Å². The zero-order valence-electron chi connectivity index (χ0n) is 10.3. The van der Waals surface area contributed by atoms with Crippen LogP contribution in [-0.2, 0) is 13.6 Å². The van der Waals surface area contributed by atoms with Crippen LogP contribution in [0.1, 0.15) is 36.0 Å². The highest BCUT2D eigenvalue weighted by Gasteiger charge is 2.13. The first-order chi connectivity index (χ1) is 8.22. The first-order valence-electron chi connectivity index (χ1n) is 5.70. The third-order valence-electron chi connectivity index (χ3n) is 2.85. The fourth-order valence-electron chi connectivity index (χ4n) is 1.63. The van der Waals surface area contributed by atoms with Gasteiger partial charge in [-0.3, -0.25) is 0 Å². The van der Waals surface area contributed by atoms with Gasteiger partial charge < -0.3 is 9.88 Å². The van der Waals surface area contributed by atoms with E-state index in [0.717, 1.165) is 29.6 Å². The van der Waals surface area contributed by atoms with Crippen LogP contribution in [0.2, 0.25) is 0 Å². The molecule has 0 aliphatic rings. The summed E-state index contributed by atoms with van der Waals surface area (Å²) in [5.74, 6) is 1.89. The summed E-state index contributed by atoms with van der Waals surface area (Å²) in [7, 11) is 1.98. The quantitative estimate of drug-likeness (QED) is 0.880. The fourth-order valence-corrected chi connectivity index (χ4v) is 2.43. The molecule has 0 spiro atoms. The minimum atomic E-state index is 0.298. The van der Waals surface area contributed by atoms with Gasteiger partial charge in [0.25, 0.3) is 0 Å². The van der Waals surface area contributed by atoms with Gasteiger partial charge in [0, 0.05) is 18.6 Å². The molecule has 0 aromatic carbocycles. The third-order valence-corrected chi connectivity index (χ3v) is 3.74. The Kier molecular flexibility index (Phi) is 3.86. The molecule has 92 valence electrons. The zero-order chi connectivity index (χ0) is 12.3. The van der Waals surface area contributed by atoms with E-state index in [4.69, 9.17) is 0 Å². The summed E-state index contributed by atoms with van der Waals surface area (Å²) in [6, 6.07) is 0.298. The molecule has 0 fully saturated rings. The Balaban J connectivity index is 1.99. The molecule has 1 N–H and O–H groups in total. The second-order valence-electron chi connectivity index (χ2n) is 3.93. The average molecular weight is 251 g/mol. The van der Waals surface area contributed by atoms with Gasteiger partial charge >= 0.3 is 0 Å². The van der Waals surface area contributed by atoms with Crippen molar-refractivity contribution in [3.63, 3.8) is 0 Å². The van der Waals surface area contributed by atoms with Crippen molar-refractivity contribution in [2.45, 2.75) is 32.9 Å². The second kappa shape index (κ2) is 5.37. The molecule has 0 saturated carbocycles. The van der Waals surface area contributed by atoms with Crippen molar-refractivity contribution in [3.05, 3.63) is 28.2 Å². The monoisotopic (exact) mass is 251 g/mol. The molecule has 2 heterocycles. The van der Waals surface area contributed by atoms with E-state index >= 15 is 0 Å². The van der Waals surface area contributed by atoms with Gasteiger partial charge in [0.15, 0.2) is 0 Å². The lowest BCUT2D eigenvalue weighted by atomic mass is 10.2. The van der Waals surface area contributed by atoms with Crippen molar-refractivity contribution in [1.29, 1.82) is 0 Å². The molecule has 2 aromatic heterocycles.